The third-order valence-corrected chi connectivity index (χ3v) is 8.48. The Bertz CT molecular complexity index is 1040. The second-order valence-corrected chi connectivity index (χ2v) is 10.1. The van der Waals surface area contributed by atoms with Crippen LogP contribution >= 0.6 is 0 Å². The first-order valence-electron chi connectivity index (χ1n) is 11.4. The van der Waals surface area contributed by atoms with Crippen molar-refractivity contribution in [2.45, 2.75) is 58.5 Å². The predicted molar refractivity (Wildman–Crippen MR) is 119 cm³/mol. The van der Waals surface area contributed by atoms with Gasteiger partial charge in [-0.25, -0.2) is 4.79 Å². The zero-order valence-corrected chi connectivity index (χ0v) is 18.8. The SMILES string of the molecule is CC1(C)[C@@H]2CC[C@@]1(C)[C@@H]1O[C@@H](O[C@@H](C#N)c3ccc(OC(=O)c4ccccc4)cc3)C[C@H]21. The van der Waals surface area contributed by atoms with E-state index >= 15 is 0 Å². The molecule has 166 valence electrons. The molecule has 5 heteroatoms. The van der Waals surface area contributed by atoms with Gasteiger partial charge in [-0.1, -0.05) is 51.1 Å². The fourth-order valence-electron chi connectivity index (χ4n) is 6.36. The maximum Gasteiger partial charge on any atom is 0.343 e. The summed E-state index contributed by atoms with van der Waals surface area (Å²) in [6.45, 7) is 7.12. The zero-order valence-electron chi connectivity index (χ0n) is 18.8. The summed E-state index contributed by atoms with van der Waals surface area (Å²) in [6.07, 6.45) is 2.42. The van der Waals surface area contributed by atoms with Crippen LogP contribution in [-0.4, -0.2) is 18.4 Å². The fraction of sp³-hybridized carbons (Fsp3) is 0.481. The number of nitrogens with zero attached hydrogens (tertiary/aromatic N) is 1. The van der Waals surface area contributed by atoms with Gasteiger partial charge in [-0.2, -0.15) is 5.26 Å². The van der Waals surface area contributed by atoms with E-state index in [2.05, 4.69) is 26.8 Å². The third kappa shape index (κ3) is 3.25. The molecule has 0 spiro atoms. The van der Waals surface area contributed by atoms with Gasteiger partial charge in [0.25, 0.3) is 0 Å². The van der Waals surface area contributed by atoms with Crippen LogP contribution in [0.25, 0.3) is 0 Å². The van der Waals surface area contributed by atoms with Gasteiger partial charge < -0.3 is 14.2 Å². The summed E-state index contributed by atoms with van der Waals surface area (Å²) < 4.78 is 17.9. The molecule has 2 aliphatic carbocycles. The number of nitriles is 1. The largest absolute Gasteiger partial charge is 0.423 e. The molecule has 2 bridgehead atoms. The Morgan fingerprint density at radius 3 is 2.50 bits per heavy atom. The Kier molecular flexibility index (Phi) is 5.11. The van der Waals surface area contributed by atoms with Crippen LogP contribution in [0.4, 0.5) is 0 Å². The number of rotatable bonds is 5. The van der Waals surface area contributed by atoms with Crippen LogP contribution in [0.15, 0.2) is 54.6 Å². The quantitative estimate of drug-likeness (QED) is 0.450. The molecular formula is C27H29NO4. The minimum Gasteiger partial charge on any atom is -0.423 e. The summed E-state index contributed by atoms with van der Waals surface area (Å²) in [5.41, 5.74) is 1.67. The van der Waals surface area contributed by atoms with E-state index in [1.54, 1.807) is 48.5 Å². The van der Waals surface area contributed by atoms with Crippen LogP contribution in [0.3, 0.4) is 0 Å². The molecule has 0 unspecified atom stereocenters. The first-order chi connectivity index (χ1) is 15.3. The number of benzene rings is 2. The molecule has 5 nitrogen and oxygen atoms in total. The van der Waals surface area contributed by atoms with Gasteiger partial charge in [0.15, 0.2) is 12.4 Å². The molecule has 1 saturated heterocycles. The predicted octanol–water partition coefficient (Wildman–Crippen LogP) is 5.67. The van der Waals surface area contributed by atoms with Gasteiger partial charge in [0.05, 0.1) is 17.7 Å². The van der Waals surface area contributed by atoms with E-state index in [4.69, 9.17) is 14.2 Å². The molecule has 32 heavy (non-hydrogen) atoms. The smallest absolute Gasteiger partial charge is 0.343 e. The van der Waals surface area contributed by atoms with E-state index in [0.717, 1.165) is 12.0 Å². The van der Waals surface area contributed by atoms with Crippen molar-refractivity contribution >= 4 is 5.97 Å². The van der Waals surface area contributed by atoms with Crippen LogP contribution in [0, 0.1) is 34.0 Å². The molecule has 3 fully saturated rings. The van der Waals surface area contributed by atoms with Crippen LogP contribution < -0.4 is 4.74 Å². The van der Waals surface area contributed by atoms with Crippen molar-refractivity contribution in [2.24, 2.45) is 22.7 Å². The lowest BCUT2D eigenvalue weighted by molar-refractivity contribution is -0.177. The average Bonchev–Trinajstić information content (AvgIpc) is 3.37. The summed E-state index contributed by atoms with van der Waals surface area (Å²) >= 11 is 0. The van der Waals surface area contributed by atoms with Gasteiger partial charge in [0.1, 0.15) is 5.75 Å². The van der Waals surface area contributed by atoms with Crippen LogP contribution in [-0.2, 0) is 9.47 Å². The second kappa shape index (κ2) is 7.72. The summed E-state index contributed by atoms with van der Waals surface area (Å²) in [6, 6.07) is 18.0. The molecule has 0 radical (unpaired) electrons. The lowest BCUT2D eigenvalue weighted by atomic mass is 9.70. The van der Waals surface area contributed by atoms with Gasteiger partial charge in [-0.15, -0.1) is 0 Å². The van der Waals surface area contributed by atoms with E-state index in [9.17, 15) is 10.1 Å². The lowest BCUT2D eigenvalue weighted by Crippen LogP contribution is -2.38. The van der Waals surface area contributed by atoms with Crippen LogP contribution in [0.2, 0.25) is 0 Å². The second-order valence-electron chi connectivity index (χ2n) is 10.1. The van der Waals surface area contributed by atoms with Crippen LogP contribution in [0.5, 0.6) is 5.75 Å². The highest BCUT2D eigenvalue weighted by Crippen LogP contribution is 2.71. The number of hydrogen-bond donors (Lipinski definition) is 0. The van der Waals surface area contributed by atoms with Crippen molar-refractivity contribution in [3.63, 3.8) is 0 Å². The highest BCUT2D eigenvalue weighted by molar-refractivity contribution is 5.90. The van der Waals surface area contributed by atoms with E-state index in [1.165, 1.54) is 12.8 Å². The molecule has 2 aromatic carbocycles. The minimum atomic E-state index is -0.726. The number of carbonyl (C=O) groups is 1. The average molecular weight is 432 g/mol. The molecule has 1 aliphatic heterocycles. The molecular weight excluding hydrogens is 402 g/mol. The Morgan fingerprint density at radius 2 is 1.84 bits per heavy atom. The monoisotopic (exact) mass is 431 g/mol. The molecule has 0 amide bonds. The van der Waals surface area contributed by atoms with Crippen molar-refractivity contribution < 1.29 is 19.0 Å². The number of carbonyl (C=O) groups excluding carboxylic acids is 1. The first-order valence-corrected chi connectivity index (χ1v) is 11.4. The molecule has 0 N–H and O–H groups in total. The van der Waals surface area contributed by atoms with Gasteiger partial charge >= 0.3 is 5.97 Å². The maximum atomic E-state index is 12.2. The Morgan fingerprint density at radius 1 is 1.12 bits per heavy atom. The van der Waals surface area contributed by atoms with Crippen molar-refractivity contribution in [2.75, 3.05) is 0 Å². The van der Waals surface area contributed by atoms with Gasteiger partial charge in [-0.3, -0.25) is 0 Å². The van der Waals surface area contributed by atoms with Crippen molar-refractivity contribution in [1.29, 1.82) is 5.26 Å². The van der Waals surface area contributed by atoms with E-state index in [1.807, 2.05) is 6.07 Å². The summed E-state index contributed by atoms with van der Waals surface area (Å²) in [4.78, 5) is 12.2. The van der Waals surface area contributed by atoms with Gasteiger partial charge in [-0.05, 0) is 65.3 Å². The standard InChI is InChI=1S/C27H29NO4/c1-26(2)21-13-14-27(26,3)24-20(21)15-23(32-24)31-22(16-28)17-9-11-19(12-10-17)30-25(29)18-7-5-4-6-8-18/h4-12,20-24H,13-15H2,1-3H3/t20-,21-,22+,23-,24-,27+/m1/s1. The van der Waals surface area contributed by atoms with Crippen molar-refractivity contribution in [3.05, 3.63) is 65.7 Å². The number of fused-ring (bicyclic) bond motifs is 5. The summed E-state index contributed by atoms with van der Waals surface area (Å²) in [5.74, 6) is 1.18. The van der Waals surface area contributed by atoms with E-state index < -0.39 is 12.1 Å². The normalized spacial score (nSPS) is 32.8. The first kappa shape index (κ1) is 21.2. The van der Waals surface area contributed by atoms with Gasteiger partial charge in [0.2, 0.25) is 0 Å². The number of ether oxygens (including phenoxy) is 3. The molecule has 2 saturated carbocycles. The fourth-order valence-corrected chi connectivity index (χ4v) is 6.36. The van der Waals surface area contributed by atoms with E-state index in [0.29, 0.717) is 23.1 Å². The number of esters is 1. The Hall–Kier alpha value is -2.68. The molecule has 2 aromatic rings. The minimum absolute atomic E-state index is 0.173. The van der Waals surface area contributed by atoms with E-state index in [-0.39, 0.29) is 23.2 Å². The Labute approximate surface area is 189 Å². The number of hydrogen-bond acceptors (Lipinski definition) is 5. The highest BCUT2D eigenvalue weighted by atomic mass is 16.7. The molecule has 0 aromatic heterocycles. The zero-order chi connectivity index (χ0) is 22.5. The van der Waals surface area contributed by atoms with Gasteiger partial charge in [0, 0.05) is 6.42 Å². The lowest BCUT2D eigenvalue weighted by Gasteiger charge is -2.38. The molecule has 3 aliphatic rings. The Balaban J connectivity index is 1.23. The third-order valence-electron chi connectivity index (χ3n) is 8.48. The molecule has 6 atom stereocenters. The maximum absolute atomic E-state index is 12.2. The molecule has 5 rings (SSSR count). The highest BCUT2D eigenvalue weighted by Gasteiger charge is 2.69. The summed E-state index contributed by atoms with van der Waals surface area (Å²) in [5, 5.41) is 9.74. The van der Waals surface area contributed by atoms with Crippen LogP contribution in [0.1, 0.15) is 62.1 Å². The summed E-state index contributed by atoms with van der Waals surface area (Å²) in [7, 11) is 0. The van der Waals surface area contributed by atoms with Crippen molar-refractivity contribution in [1.82, 2.24) is 0 Å². The molecule has 1 heterocycles. The topological polar surface area (TPSA) is 68.6 Å². The van der Waals surface area contributed by atoms with Crippen molar-refractivity contribution in [3.8, 4) is 11.8 Å².